The van der Waals surface area contributed by atoms with Gasteiger partial charge in [0.2, 0.25) is 0 Å². The summed E-state index contributed by atoms with van der Waals surface area (Å²) >= 11 is 5.89. The van der Waals surface area contributed by atoms with Crippen molar-refractivity contribution in [2.45, 2.75) is 19.4 Å². The van der Waals surface area contributed by atoms with E-state index in [0.29, 0.717) is 6.42 Å². The molecule has 0 saturated heterocycles. The molecule has 0 fully saturated rings. The molecule has 0 aliphatic heterocycles. The van der Waals surface area contributed by atoms with Crippen molar-refractivity contribution >= 4 is 29.3 Å². The van der Waals surface area contributed by atoms with E-state index in [1.165, 1.54) is 18.2 Å². The van der Waals surface area contributed by atoms with Crippen molar-refractivity contribution in [1.82, 2.24) is 5.32 Å². The van der Waals surface area contributed by atoms with E-state index in [-0.39, 0.29) is 22.3 Å². The highest BCUT2D eigenvalue weighted by molar-refractivity contribution is 6.33. The van der Waals surface area contributed by atoms with E-state index in [1.807, 2.05) is 6.92 Å². The highest BCUT2D eigenvalue weighted by Crippen LogP contribution is 2.23. The van der Waals surface area contributed by atoms with Crippen LogP contribution in [-0.4, -0.2) is 23.1 Å². The fourth-order valence-corrected chi connectivity index (χ4v) is 1.61. The molecule has 0 aliphatic carbocycles. The molecule has 1 unspecified atom stereocenters. The molecule has 102 valence electrons. The molecule has 5 nitrogen and oxygen atoms in total. The lowest BCUT2D eigenvalue weighted by Crippen LogP contribution is -2.35. The number of urea groups is 1. The summed E-state index contributed by atoms with van der Waals surface area (Å²) in [5.74, 6) is -1.08. The van der Waals surface area contributed by atoms with Crippen LogP contribution in [0.2, 0.25) is 5.02 Å². The predicted octanol–water partition coefficient (Wildman–Crippen LogP) is 3.12. The molecule has 1 rings (SSSR count). The average Bonchev–Trinajstić information content (AvgIpc) is 2.31. The van der Waals surface area contributed by atoms with E-state index < -0.39 is 12.0 Å². The second kappa shape index (κ2) is 6.80. The quantitative estimate of drug-likeness (QED) is 0.726. The number of carbonyl (C=O) groups excluding carboxylic acids is 1. The molecule has 1 atom stereocenters. The fourth-order valence-electron chi connectivity index (χ4n) is 1.45. The van der Waals surface area contributed by atoms with Gasteiger partial charge in [0.25, 0.3) is 0 Å². The lowest BCUT2D eigenvalue weighted by Gasteiger charge is -2.13. The number of carboxylic acids is 1. The van der Waals surface area contributed by atoms with Gasteiger partial charge in [-0.1, -0.05) is 17.7 Å². The average molecular weight is 283 g/mol. The number of anilines is 1. The minimum Gasteiger partial charge on any atom is -0.478 e. The molecule has 2 amide bonds. The fraction of sp³-hybridized carbons (Fsp3) is 0.231. The van der Waals surface area contributed by atoms with E-state index in [4.69, 9.17) is 16.7 Å². The predicted molar refractivity (Wildman–Crippen MR) is 74.8 cm³/mol. The Bertz CT molecular complexity index is 503. The number of amides is 2. The lowest BCUT2D eigenvalue weighted by molar-refractivity contribution is 0.0697. The van der Waals surface area contributed by atoms with Gasteiger partial charge < -0.3 is 15.7 Å². The molecule has 0 bridgehead atoms. The van der Waals surface area contributed by atoms with Crippen LogP contribution in [0.25, 0.3) is 0 Å². The topological polar surface area (TPSA) is 78.4 Å². The summed E-state index contributed by atoms with van der Waals surface area (Å²) in [6.07, 6.45) is 2.33. The van der Waals surface area contributed by atoms with Crippen molar-refractivity contribution in [2.24, 2.45) is 0 Å². The van der Waals surface area contributed by atoms with Crippen LogP contribution < -0.4 is 10.6 Å². The van der Waals surface area contributed by atoms with Crippen molar-refractivity contribution in [3.05, 3.63) is 41.4 Å². The Morgan fingerprint density at radius 1 is 1.53 bits per heavy atom. The zero-order valence-corrected chi connectivity index (χ0v) is 11.2. The second-order valence-electron chi connectivity index (χ2n) is 4.02. The second-order valence-corrected chi connectivity index (χ2v) is 4.43. The van der Waals surface area contributed by atoms with Crippen LogP contribution in [0.4, 0.5) is 10.5 Å². The molecule has 0 spiro atoms. The maximum Gasteiger partial charge on any atom is 0.335 e. The smallest absolute Gasteiger partial charge is 0.335 e. The largest absolute Gasteiger partial charge is 0.478 e. The molecule has 0 radical (unpaired) electrons. The van der Waals surface area contributed by atoms with Gasteiger partial charge in [0.1, 0.15) is 0 Å². The summed E-state index contributed by atoms with van der Waals surface area (Å²) in [6, 6.07) is 3.59. The number of halogens is 1. The van der Waals surface area contributed by atoms with Gasteiger partial charge in [-0.05, 0) is 31.5 Å². The molecular formula is C13H15ClN2O3. The molecule has 3 N–H and O–H groups in total. The van der Waals surface area contributed by atoms with E-state index in [1.54, 1.807) is 6.08 Å². The van der Waals surface area contributed by atoms with E-state index in [0.717, 1.165) is 0 Å². The zero-order valence-electron chi connectivity index (χ0n) is 10.4. The molecule has 0 aliphatic rings. The van der Waals surface area contributed by atoms with Gasteiger partial charge in [0.05, 0.1) is 16.3 Å². The number of carboxylic acid groups (broad SMARTS) is 1. The Kier molecular flexibility index (Phi) is 5.38. The molecule has 1 aromatic rings. The van der Waals surface area contributed by atoms with Gasteiger partial charge in [0, 0.05) is 6.04 Å². The third-order valence-electron chi connectivity index (χ3n) is 2.36. The molecular weight excluding hydrogens is 268 g/mol. The summed E-state index contributed by atoms with van der Waals surface area (Å²) in [6.45, 7) is 5.41. The number of hydrogen-bond donors (Lipinski definition) is 3. The Morgan fingerprint density at radius 3 is 2.79 bits per heavy atom. The molecule has 19 heavy (non-hydrogen) atoms. The summed E-state index contributed by atoms with van der Waals surface area (Å²) in [7, 11) is 0. The van der Waals surface area contributed by atoms with Crippen LogP contribution in [0.1, 0.15) is 23.7 Å². The summed E-state index contributed by atoms with van der Waals surface area (Å²) in [4.78, 5) is 22.5. The third kappa shape index (κ3) is 4.63. The van der Waals surface area contributed by atoms with Crippen LogP contribution in [0.5, 0.6) is 0 Å². The highest BCUT2D eigenvalue weighted by atomic mass is 35.5. The van der Waals surface area contributed by atoms with Crippen molar-refractivity contribution in [2.75, 3.05) is 5.32 Å². The van der Waals surface area contributed by atoms with Crippen molar-refractivity contribution < 1.29 is 14.7 Å². The van der Waals surface area contributed by atoms with E-state index >= 15 is 0 Å². The Hall–Kier alpha value is -2.01. The molecule has 1 aromatic carbocycles. The van der Waals surface area contributed by atoms with Crippen molar-refractivity contribution in [3.8, 4) is 0 Å². The number of nitrogens with one attached hydrogen (secondary N) is 2. The Labute approximate surface area is 116 Å². The number of aromatic carboxylic acids is 1. The van der Waals surface area contributed by atoms with Crippen LogP contribution in [0.15, 0.2) is 30.9 Å². The maximum absolute atomic E-state index is 11.7. The minimum absolute atomic E-state index is 0.0545. The first-order valence-electron chi connectivity index (χ1n) is 5.65. The minimum atomic E-state index is -1.08. The van der Waals surface area contributed by atoms with Gasteiger partial charge >= 0.3 is 12.0 Å². The molecule has 0 heterocycles. The van der Waals surface area contributed by atoms with Gasteiger partial charge in [0.15, 0.2) is 0 Å². The van der Waals surface area contributed by atoms with Gasteiger partial charge in [-0.15, -0.1) is 6.58 Å². The Balaban J connectivity index is 2.75. The highest BCUT2D eigenvalue weighted by Gasteiger charge is 2.11. The van der Waals surface area contributed by atoms with Crippen molar-refractivity contribution in [3.63, 3.8) is 0 Å². The first-order valence-corrected chi connectivity index (χ1v) is 6.03. The monoisotopic (exact) mass is 282 g/mol. The summed E-state index contributed by atoms with van der Waals surface area (Å²) in [5, 5.41) is 14.3. The summed E-state index contributed by atoms with van der Waals surface area (Å²) in [5.41, 5.74) is 0.309. The van der Waals surface area contributed by atoms with Crippen LogP contribution in [0, 0.1) is 0 Å². The normalized spacial score (nSPS) is 11.5. The summed E-state index contributed by atoms with van der Waals surface area (Å²) < 4.78 is 0. The molecule has 6 heteroatoms. The number of benzene rings is 1. The number of carbonyl (C=O) groups is 2. The van der Waals surface area contributed by atoms with E-state index in [9.17, 15) is 9.59 Å². The molecule has 0 saturated carbocycles. The Morgan fingerprint density at radius 2 is 2.21 bits per heavy atom. The zero-order chi connectivity index (χ0) is 14.4. The number of rotatable bonds is 5. The van der Waals surface area contributed by atoms with Gasteiger partial charge in [-0.2, -0.15) is 0 Å². The first-order chi connectivity index (χ1) is 8.93. The molecule has 0 aromatic heterocycles. The SMILES string of the molecule is C=CCC(C)NC(=O)Nc1cc(C(=O)O)ccc1Cl. The first kappa shape index (κ1) is 15.0. The van der Waals surface area contributed by atoms with Gasteiger partial charge in [-0.25, -0.2) is 9.59 Å². The van der Waals surface area contributed by atoms with Crippen molar-refractivity contribution in [1.29, 1.82) is 0 Å². The maximum atomic E-state index is 11.7. The lowest BCUT2D eigenvalue weighted by atomic mass is 10.2. The number of hydrogen-bond acceptors (Lipinski definition) is 2. The van der Waals surface area contributed by atoms with Crippen LogP contribution in [0.3, 0.4) is 0 Å². The van der Waals surface area contributed by atoms with Gasteiger partial charge in [-0.3, -0.25) is 0 Å². The van der Waals surface area contributed by atoms with E-state index in [2.05, 4.69) is 17.2 Å². The standard InChI is InChI=1S/C13H15ClN2O3/c1-3-4-8(2)15-13(19)16-11-7-9(12(17)18)5-6-10(11)14/h3,5-8H,1,4H2,2H3,(H,17,18)(H2,15,16,19). The van der Waals surface area contributed by atoms with Crippen LogP contribution >= 0.6 is 11.6 Å². The third-order valence-corrected chi connectivity index (χ3v) is 2.69. The van der Waals surface area contributed by atoms with Crippen LogP contribution in [-0.2, 0) is 0 Å².